The minimum atomic E-state index is -0.290. The standard InChI is InChI=1S/C13H17NO3/c1-8-5-11(6-9(2)13(8)17-4)14-12(16)7-10(3)15/h5-6H,7H2,1-4H3,(H,14,16). The number of Topliss-reactive ketones (excluding diaryl/α,β-unsaturated/α-hetero) is 1. The predicted molar refractivity (Wildman–Crippen MR) is 66.4 cm³/mol. The molecule has 1 N–H and O–H groups in total. The highest BCUT2D eigenvalue weighted by atomic mass is 16.5. The smallest absolute Gasteiger partial charge is 0.231 e. The fourth-order valence-electron chi connectivity index (χ4n) is 1.78. The monoisotopic (exact) mass is 235 g/mol. The number of amides is 1. The zero-order valence-corrected chi connectivity index (χ0v) is 10.6. The number of carbonyl (C=O) groups excluding carboxylic acids is 2. The molecule has 17 heavy (non-hydrogen) atoms. The summed E-state index contributed by atoms with van der Waals surface area (Å²) < 4.78 is 5.23. The molecule has 1 amide bonds. The lowest BCUT2D eigenvalue weighted by atomic mass is 10.1. The van der Waals surface area contributed by atoms with Crippen molar-refractivity contribution in [1.82, 2.24) is 0 Å². The number of benzene rings is 1. The average molecular weight is 235 g/mol. The first-order valence-corrected chi connectivity index (χ1v) is 5.38. The van der Waals surface area contributed by atoms with Gasteiger partial charge in [-0.2, -0.15) is 0 Å². The first kappa shape index (κ1) is 13.2. The Balaban J connectivity index is 2.86. The molecule has 0 fully saturated rings. The average Bonchev–Trinajstić information content (AvgIpc) is 2.15. The number of rotatable bonds is 4. The van der Waals surface area contributed by atoms with Crippen LogP contribution in [0.3, 0.4) is 0 Å². The Labute approximate surface area is 101 Å². The van der Waals surface area contributed by atoms with Crippen molar-refractivity contribution in [3.63, 3.8) is 0 Å². The van der Waals surface area contributed by atoms with Crippen LogP contribution in [-0.2, 0) is 9.59 Å². The molecule has 0 spiro atoms. The van der Waals surface area contributed by atoms with Crippen molar-refractivity contribution in [2.75, 3.05) is 12.4 Å². The lowest BCUT2D eigenvalue weighted by molar-refractivity contribution is -0.124. The highest BCUT2D eigenvalue weighted by molar-refractivity contribution is 6.03. The minimum absolute atomic E-state index is 0.0931. The second-order valence-corrected chi connectivity index (χ2v) is 4.07. The number of anilines is 1. The number of nitrogens with one attached hydrogen (secondary N) is 1. The van der Waals surface area contributed by atoms with Gasteiger partial charge in [-0.05, 0) is 44.0 Å². The molecule has 4 nitrogen and oxygen atoms in total. The number of ketones is 1. The molecular weight excluding hydrogens is 218 g/mol. The Kier molecular flexibility index (Phi) is 4.26. The Morgan fingerprint density at radius 2 is 1.76 bits per heavy atom. The van der Waals surface area contributed by atoms with E-state index in [1.54, 1.807) is 7.11 Å². The number of carbonyl (C=O) groups is 2. The highest BCUT2D eigenvalue weighted by Gasteiger charge is 2.09. The molecule has 0 aliphatic heterocycles. The zero-order valence-electron chi connectivity index (χ0n) is 10.6. The third-order valence-electron chi connectivity index (χ3n) is 2.36. The summed E-state index contributed by atoms with van der Waals surface area (Å²) in [6.45, 7) is 5.21. The quantitative estimate of drug-likeness (QED) is 0.814. The molecule has 0 aliphatic carbocycles. The summed E-state index contributed by atoms with van der Waals surface area (Å²) in [4.78, 5) is 22.2. The van der Waals surface area contributed by atoms with Crippen molar-refractivity contribution in [3.8, 4) is 5.75 Å². The van der Waals surface area contributed by atoms with Gasteiger partial charge < -0.3 is 10.1 Å². The van der Waals surface area contributed by atoms with Gasteiger partial charge in [-0.25, -0.2) is 0 Å². The van der Waals surface area contributed by atoms with Crippen LogP contribution in [0.4, 0.5) is 5.69 Å². The van der Waals surface area contributed by atoms with Crippen molar-refractivity contribution in [1.29, 1.82) is 0 Å². The molecule has 1 rings (SSSR count). The van der Waals surface area contributed by atoms with Crippen molar-refractivity contribution >= 4 is 17.4 Å². The fraction of sp³-hybridized carbons (Fsp3) is 0.385. The summed E-state index contributed by atoms with van der Waals surface area (Å²) in [5.41, 5.74) is 2.59. The third-order valence-corrected chi connectivity index (χ3v) is 2.36. The van der Waals surface area contributed by atoms with E-state index in [2.05, 4.69) is 5.32 Å². The van der Waals surface area contributed by atoms with E-state index in [4.69, 9.17) is 4.74 Å². The summed E-state index contributed by atoms with van der Waals surface area (Å²) in [5, 5.41) is 2.69. The van der Waals surface area contributed by atoms with Gasteiger partial charge in [-0.3, -0.25) is 9.59 Å². The number of ether oxygens (including phenoxy) is 1. The largest absolute Gasteiger partial charge is 0.496 e. The van der Waals surface area contributed by atoms with Gasteiger partial charge in [0.05, 0.1) is 13.5 Å². The van der Waals surface area contributed by atoms with E-state index in [0.717, 1.165) is 16.9 Å². The van der Waals surface area contributed by atoms with Gasteiger partial charge >= 0.3 is 0 Å². The zero-order chi connectivity index (χ0) is 13.0. The highest BCUT2D eigenvalue weighted by Crippen LogP contribution is 2.26. The van der Waals surface area contributed by atoms with Gasteiger partial charge in [-0.15, -0.1) is 0 Å². The molecule has 0 aromatic heterocycles. The molecule has 0 saturated heterocycles. The number of aryl methyl sites for hydroxylation is 2. The molecule has 0 saturated carbocycles. The van der Waals surface area contributed by atoms with Crippen LogP contribution in [0.15, 0.2) is 12.1 Å². The molecule has 1 aromatic rings. The van der Waals surface area contributed by atoms with E-state index in [9.17, 15) is 9.59 Å². The second-order valence-electron chi connectivity index (χ2n) is 4.07. The molecule has 0 heterocycles. The topological polar surface area (TPSA) is 55.4 Å². The van der Waals surface area contributed by atoms with Crippen LogP contribution in [0.25, 0.3) is 0 Å². The lowest BCUT2D eigenvalue weighted by Crippen LogP contribution is -2.15. The fourth-order valence-corrected chi connectivity index (χ4v) is 1.78. The third kappa shape index (κ3) is 3.59. The molecule has 0 radical (unpaired) electrons. The Morgan fingerprint density at radius 3 is 2.18 bits per heavy atom. The van der Waals surface area contributed by atoms with Crippen LogP contribution in [0.5, 0.6) is 5.75 Å². The second kappa shape index (κ2) is 5.48. The van der Waals surface area contributed by atoms with E-state index < -0.39 is 0 Å². The van der Waals surface area contributed by atoms with Crippen LogP contribution < -0.4 is 10.1 Å². The molecule has 1 aromatic carbocycles. The van der Waals surface area contributed by atoms with Gasteiger partial charge in [0, 0.05) is 5.69 Å². The maximum atomic E-state index is 11.4. The summed E-state index contributed by atoms with van der Waals surface area (Å²) >= 11 is 0. The van der Waals surface area contributed by atoms with Crippen molar-refractivity contribution in [3.05, 3.63) is 23.3 Å². The summed E-state index contributed by atoms with van der Waals surface area (Å²) in [6.07, 6.45) is -0.0931. The van der Waals surface area contributed by atoms with Gasteiger partial charge in [0.1, 0.15) is 11.5 Å². The maximum Gasteiger partial charge on any atom is 0.231 e. The number of hydrogen-bond donors (Lipinski definition) is 1. The molecule has 0 bridgehead atoms. The van der Waals surface area contributed by atoms with E-state index in [0.29, 0.717) is 5.69 Å². The van der Waals surface area contributed by atoms with Crippen LogP contribution in [0.2, 0.25) is 0 Å². The SMILES string of the molecule is COc1c(C)cc(NC(=O)CC(C)=O)cc1C. The maximum absolute atomic E-state index is 11.4. The number of hydrogen-bond acceptors (Lipinski definition) is 3. The number of methoxy groups -OCH3 is 1. The minimum Gasteiger partial charge on any atom is -0.496 e. The van der Waals surface area contributed by atoms with E-state index in [1.807, 2.05) is 26.0 Å². The van der Waals surface area contributed by atoms with E-state index in [1.165, 1.54) is 6.92 Å². The Morgan fingerprint density at radius 1 is 1.24 bits per heavy atom. The first-order valence-electron chi connectivity index (χ1n) is 5.38. The lowest BCUT2D eigenvalue weighted by Gasteiger charge is -2.11. The van der Waals surface area contributed by atoms with Crippen molar-refractivity contribution in [2.45, 2.75) is 27.2 Å². The molecule has 0 atom stereocenters. The summed E-state index contributed by atoms with van der Waals surface area (Å²) in [6, 6.07) is 3.65. The predicted octanol–water partition coefficient (Wildman–Crippen LogP) is 2.23. The van der Waals surface area contributed by atoms with Crippen LogP contribution in [-0.4, -0.2) is 18.8 Å². The molecule has 0 aliphatic rings. The normalized spacial score (nSPS) is 9.88. The Bertz CT molecular complexity index is 429. The first-order chi connectivity index (χ1) is 7.93. The van der Waals surface area contributed by atoms with Gasteiger partial charge in [0.2, 0.25) is 5.91 Å². The summed E-state index contributed by atoms with van der Waals surface area (Å²) in [5.74, 6) is 0.375. The van der Waals surface area contributed by atoms with Gasteiger partial charge in [0.25, 0.3) is 0 Å². The van der Waals surface area contributed by atoms with Gasteiger partial charge in [0.15, 0.2) is 0 Å². The summed E-state index contributed by atoms with van der Waals surface area (Å²) in [7, 11) is 1.61. The molecule has 0 unspecified atom stereocenters. The van der Waals surface area contributed by atoms with E-state index in [-0.39, 0.29) is 18.1 Å². The van der Waals surface area contributed by atoms with Crippen LogP contribution in [0.1, 0.15) is 24.5 Å². The van der Waals surface area contributed by atoms with Crippen LogP contribution in [0, 0.1) is 13.8 Å². The molecule has 4 heteroatoms. The van der Waals surface area contributed by atoms with E-state index >= 15 is 0 Å². The molecular formula is C13H17NO3. The Hall–Kier alpha value is -1.84. The molecule has 92 valence electrons. The van der Waals surface area contributed by atoms with Gasteiger partial charge in [-0.1, -0.05) is 0 Å². The van der Waals surface area contributed by atoms with Crippen molar-refractivity contribution in [2.24, 2.45) is 0 Å². The van der Waals surface area contributed by atoms with Crippen LogP contribution >= 0.6 is 0 Å². The van der Waals surface area contributed by atoms with Crippen molar-refractivity contribution < 1.29 is 14.3 Å².